The molecule has 0 spiro atoms. The van der Waals surface area contributed by atoms with Crippen LogP contribution in [0.4, 0.5) is 5.69 Å². The van der Waals surface area contributed by atoms with Crippen molar-refractivity contribution in [3.63, 3.8) is 0 Å². The molecule has 8 nitrogen and oxygen atoms in total. The lowest BCUT2D eigenvalue weighted by atomic mass is 9.97. The number of rotatable bonds is 4. The molecule has 1 saturated heterocycles. The molecule has 2 amide bonds. The van der Waals surface area contributed by atoms with Crippen LogP contribution >= 0.6 is 0 Å². The maximum Gasteiger partial charge on any atom is 0.265 e. The highest BCUT2D eigenvalue weighted by Crippen LogP contribution is 2.36. The molecule has 9 heteroatoms. The fourth-order valence-electron chi connectivity index (χ4n) is 3.52. The molecule has 2 aliphatic rings. The molecule has 3 rings (SSSR count). The maximum atomic E-state index is 13.2. The Morgan fingerprint density at radius 3 is 2.54 bits per heavy atom. The lowest BCUT2D eigenvalue weighted by Crippen LogP contribution is -2.44. The third kappa shape index (κ3) is 4.00. The Balaban J connectivity index is 1.78. The number of carbonyl (C=O) groups is 2. The summed E-state index contributed by atoms with van der Waals surface area (Å²) in [6, 6.07) is 3.16. The Bertz CT molecular complexity index is 889. The molecule has 1 aromatic carbocycles. The Morgan fingerprint density at radius 1 is 1.29 bits per heavy atom. The van der Waals surface area contributed by atoms with E-state index in [1.54, 1.807) is 19.9 Å². The molecule has 2 heterocycles. The second-order valence-electron chi connectivity index (χ2n) is 7.70. The number of ether oxygens (including phenoxy) is 1. The van der Waals surface area contributed by atoms with Gasteiger partial charge in [-0.05, 0) is 52.2 Å². The molecule has 0 unspecified atom stereocenters. The minimum absolute atomic E-state index is 0.0184. The van der Waals surface area contributed by atoms with Gasteiger partial charge in [0.25, 0.3) is 5.91 Å². The van der Waals surface area contributed by atoms with Gasteiger partial charge in [-0.25, -0.2) is 8.42 Å². The van der Waals surface area contributed by atoms with E-state index in [1.807, 2.05) is 13.8 Å². The van der Waals surface area contributed by atoms with Crippen molar-refractivity contribution in [1.82, 2.24) is 9.62 Å². The minimum atomic E-state index is -3.72. The smallest absolute Gasteiger partial charge is 0.265 e. The van der Waals surface area contributed by atoms with Gasteiger partial charge in [-0.15, -0.1) is 0 Å². The summed E-state index contributed by atoms with van der Waals surface area (Å²) in [4.78, 5) is 24.1. The van der Waals surface area contributed by atoms with Crippen LogP contribution in [0.1, 0.15) is 39.2 Å². The summed E-state index contributed by atoms with van der Waals surface area (Å²) in [7, 11) is -3.72. The molecule has 1 aromatic rings. The summed E-state index contributed by atoms with van der Waals surface area (Å²) in [6.07, 6.45) is 0.303. The molecular weight excluding hydrogens is 382 g/mol. The standard InChI is InChI=1S/C19H27N3O5S/c1-11(2)20-19(24)14-5-7-22(8-6-14)28(25,26)17-10-16-15(9-12(17)3)21-18(23)13(4)27-16/h9-11,13-14H,5-8H2,1-4H3,(H,20,24)(H,21,23)/t13-/m1/s1. The lowest BCUT2D eigenvalue weighted by Gasteiger charge is -2.32. The molecule has 154 valence electrons. The fourth-order valence-corrected chi connectivity index (χ4v) is 5.21. The average Bonchev–Trinajstić information content (AvgIpc) is 2.62. The minimum Gasteiger partial charge on any atom is -0.479 e. The van der Waals surface area contributed by atoms with Gasteiger partial charge in [-0.2, -0.15) is 4.31 Å². The number of nitrogens with zero attached hydrogens (tertiary/aromatic N) is 1. The van der Waals surface area contributed by atoms with Gasteiger partial charge in [-0.3, -0.25) is 9.59 Å². The van der Waals surface area contributed by atoms with Gasteiger partial charge in [0.2, 0.25) is 15.9 Å². The van der Waals surface area contributed by atoms with Crippen LogP contribution in [0.15, 0.2) is 17.0 Å². The topological polar surface area (TPSA) is 105 Å². The van der Waals surface area contributed by atoms with Gasteiger partial charge in [0.1, 0.15) is 5.75 Å². The highest BCUT2D eigenvalue weighted by atomic mass is 32.2. The van der Waals surface area contributed by atoms with Crippen molar-refractivity contribution in [1.29, 1.82) is 0 Å². The van der Waals surface area contributed by atoms with Crippen molar-refractivity contribution in [3.8, 4) is 5.75 Å². The number of anilines is 1. The highest BCUT2D eigenvalue weighted by Gasteiger charge is 2.34. The summed E-state index contributed by atoms with van der Waals surface area (Å²) in [5.41, 5.74) is 1.01. The summed E-state index contributed by atoms with van der Waals surface area (Å²) in [5.74, 6) is -0.0975. The molecule has 0 saturated carbocycles. The van der Waals surface area contributed by atoms with Crippen LogP contribution in [0.25, 0.3) is 0 Å². The van der Waals surface area contributed by atoms with E-state index in [0.717, 1.165) is 0 Å². The van der Waals surface area contributed by atoms with E-state index in [1.165, 1.54) is 10.4 Å². The van der Waals surface area contributed by atoms with Crippen molar-refractivity contribution in [2.24, 2.45) is 5.92 Å². The predicted molar refractivity (Wildman–Crippen MR) is 105 cm³/mol. The fraction of sp³-hybridized carbons (Fsp3) is 0.579. The molecule has 0 aromatic heterocycles. The van der Waals surface area contributed by atoms with Crippen LogP contribution in [0, 0.1) is 12.8 Å². The van der Waals surface area contributed by atoms with Gasteiger partial charge in [-0.1, -0.05) is 0 Å². The first kappa shape index (κ1) is 20.6. The second kappa shape index (κ2) is 7.71. The zero-order chi connectivity index (χ0) is 20.6. The summed E-state index contributed by atoms with van der Waals surface area (Å²) in [5, 5.41) is 5.62. The maximum absolute atomic E-state index is 13.2. The van der Waals surface area contributed by atoms with Crippen molar-refractivity contribution >= 4 is 27.5 Å². The largest absolute Gasteiger partial charge is 0.479 e. The number of carbonyl (C=O) groups excluding carboxylic acids is 2. The number of sulfonamides is 1. The van der Waals surface area contributed by atoms with E-state index in [0.29, 0.717) is 42.9 Å². The first-order valence-corrected chi connectivity index (χ1v) is 11.0. The highest BCUT2D eigenvalue weighted by molar-refractivity contribution is 7.89. The van der Waals surface area contributed by atoms with Gasteiger partial charge in [0, 0.05) is 31.1 Å². The van der Waals surface area contributed by atoms with E-state index in [9.17, 15) is 18.0 Å². The lowest BCUT2D eigenvalue weighted by molar-refractivity contribution is -0.126. The van der Waals surface area contributed by atoms with E-state index >= 15 is 0 Å². The average molecular weight is 410 g/mol. The number of hydrogen-bond acceptors (Lipinski definition) is 5. The molecule has 1 fully saturated rings. The number of benzene rings is 1. The molecule has 0 aliphatic carbocycles. The van der Waals surface area contributed by atoms with E-state index in [-0.39, 0.29) is 28.7 Å². The molecule has 1 atom stereocenters. The SMILES string of the molecule is Cc1cc2c(cc1S(=O)(=O)N1CCC(C(=O)NC(C)C)CC1)O[C@H](C)C(=O)N2. The summed E-state index contributed by atoms with van der Waals surface area (Å²) < 4.78 is 33.3. The Kier molecular flexibility index (Phi) is 5.67. The third-order valence-electron chi connectivity index (χ3n) is 5.08. The zero-order valence-corrected chi connectivity index (χ0v) is 17.4. The van der Waals surface area contributed by atoms with E-state index in [2.05, 4.69) is 10.6 Å². The molecule has 2 N–H and O–H groups in total. The van der Waals surface area contributed by atoms with Crippen molar-refractivity contribution in [2.75, 3.05) is 18.4 Å². The van der Waals surface area contributed by atoms with Crippen LogP contribution < -0.4 is 15.4 Å². The summed E-state index contributed by atoms with van der Waals surface area (Å²) >= 11 is 0. The quantitative estimate of drug-likeness (QED) is 0.787. The van der Waals surface area contributed by atoms with Crippen LogP contribution in [0.3, 0.4) is 0 Å². The van der Waals surface area contributed by atoms with Gasteiger partial charge < -0.3 is 15.4 Å². The van der Waals surface area contributed by atoms with Gasteiger partial charge in [0.15, 0.2) is 6.10 Å². The number of amides is 2. The molecule has 0 bridgehead atoms. The Hall–Kier alpha value is -2.13. The van der Waals surface area contributed by atoms with Crippen molar-refractivity contribution in [2.45, 2.75) is 57.6 Å². The van der Waals surface area contributed by atoms with Crippen LogP contribution in [-0.2, 0) is 19.6 Å². The normalized spacial score (nSPS) is 21.0. The number of nitrogens with one attached hydrogen (secondary N) is 2. The molecule has 0 radical (unpaired) electrons. The number of piperidine rings is 1. The number of fused-ring (bicyclic) bond motifs is 1. The summed E-state index contributed by atoms with van der Waals surface area (Å²) in [6.45, 7) is 7.70. The molecule has 28 heavy (non-hydrogen) atoms. The van der Waals surface area contributed by atoms with Gasteiger partial charge >= 0.3 is 0 Å². The molecular formula is C19H27N3O5S. The van der Waals surface area contributed by atoms with Gasteiger partial charge in [0.05, 0.1) is 10.6 Å². The first-order chi connectivity index (χ1) is 13.1. The van der Waals surface area contributed by atoms with Crippen molar-refractivity contribution < 1.29 is 22.7 Å². The number of aryl methyl sites for hydroxylation is 1. The third-order valence-corrected chi connectivity index (χ3v) is 7.12. The predicted octanol–water partition coefficient (Wildman–Crippen LogP) is 1.64. The van der Waals surface area contributed by atoms with Crippen LogP contribution in [0.5, 0.6) is 5.75 Å². The van der Waals surface area contributed by atoms with Crippen LogP contribution in [0.2, 0.25) is 0 Å². The monoisotopic (exact) mass is 409 g/mol. The second-order valence-corrected chi connectivity index (χ2v) is 9.61. The van der Waals surface area contributed by atoms with Crippen molar-refractivity contribution in [3.05, 3.63) is 17.7 Å². The number of hydrogen-bond donors (Lipinski definition) is 2. The van der Waals surface area contributed by atoms with E-state index in [4.69, 9.17) is 4.74 Å². The first-order valence-electron chi connectivity index (χ1n) is 9.52. The molecule has 2 aliphatic heterocycles. The zero-order valence-electron chi connectivity index (χ0n) is 16.6. The Labute approximate surface area is 165 Å². The Morgan fingerprint density at radius 2 is 1.93 bits per heavy atom. The van der Waals surface area contributed by atoms with Crippen LogP contribution in [-0.4, -0.2) is 49.8 Å². The van der Waals surface area contributed by atoms with E-state index < -0.39 is 16.1 Å².